The summed E-state index contributed by atoms with van der Waals surface area (Å²) in [5, 5.41) is 5.91. The van der Waals surface area contributed by atoms with Crippen LogP contribution in [0.1, 0.15) is 16.8 Å². The van der Waals surface area contributed by atoms with E-state index in [4.69, 9.17) is 11.6 Å². The van der Waals surface area contributed by atoms with Crippen molar-refractivity contribution in [2.24, 2.45) is 18.6 Å². The first kappa shape index (κ1) is 21.8. The summed E-state index contributed by atoms with van der Waals surface area (Å²) in [5.41, 5.74) is 11.0. The molecule has 4 rings (SSSR count). The van der Waals surface area contributed by atoms with Crippen LogP contribution in [0, 0.1) is 6.92 Å². The van der Waals surface area contributed by atoms with Gasteiger partial charge in [-0.05, 0) is 12.5 Å². The van der Waals surface area contributed by atoms with Crippen LogP contribution in [-0.4, -0.2) is 55.8 Å². The van der Waals surface area contributed by atoms with Crippen LogP contribution in [0.4, 0.5) is 5.82 Å². The molecule has 0 radical (unpaired) electrons. The Labute approximate surface area is 188 Å². The maximum Gasteiger partial charge on any atom is 0.155 e. The van der Waals surface area contributed by atoms with Gasteiger partial charge in [0.05, 0.1) is 12.7 Å². The van der Waals surface area contributed by atoms with Crippen LogP contribution in [-0.2, 0) is 20.1 Å². The van der Waals surface area contributed by atoms with Crippen molar-refractivity contribution in [2.45, 2.75) is 20.0 Å². The van der Waals surface area contributed by atoms with Crippen LogP contribution < -0.4 is 16.5 Å². The zero-order chi connectivity index (χ0) is 22.5. The predicted molar refractivity (Wildman–Crippen MR) is 126 cm³/mol. The molecule has 0 unspecified atom stereocenters. The lowest BCUT2D eigenvalue weighted by molar-refractivity contribution is 0.249. The van der Waals surface area contributed by atoms with E-state index >= 15 is 0 Å². The van der Waals surface area contributed by atoms with Crippen LogP contribution in [0.2, 0.25) is 0 Å². The average molecular weight is 434 g/mol. The van der Waals surface area contributed by atoms with E-state index in [9.17, 15) is 0 Å². The molecule has 4 N–H and O–H groups in total. The second-order valence-electron chi connectivity index (χ2n) is 8.08. The van der Waals surface area contributed by atoms with Crippen molar-refractivity contribution in [2.75, 3.05) is 31.1 Å². The second kappa shape index (κ2) is 9.80. The van der Waals surface area contributed by atoms with Crippen molar-refractivity contribution >= 4 is 5.82 Å². The van der Waals surface area contributed by atoms with Gasteiger partial charge in [0.25, 0.3) is 0 Å². The van der Waals surface area contributed by atoms with E-state index in [1.165, 1.54) is 17.5 Å². The number of benzene rings is 1. The number of nitrogens with two attached hydrogens (primary N) is 2. The summed E-state index contributed by atoms with van der Waals surface area (Å²) in [7, 11) is 1.99. The molecule has 0 spiro atoms. The van der Waals surface area contributed by atoms with Crippen molar-refractivity contribution in [1.82, 2.24) is 29.7 Å². The lowest BCUT2D eigenvalue weighted by Gasteiger charge is -2.35. The van der Waals surface area contributed by atoms with Crippen molar-refractivity contribution in [1.29, 1.82) is 0 Å². The van der Waals surface area contributed by atoms with Gasteiger partial charge in [-0.1, -0.05) is 24.3 Å². The highest BCUT2D eigenvalue weighted by Gasteiger charge is 2.22. The molecule has 0 bridgehead atoms. The Bertz CT molecular complexity index is 1050. The molecule has 0 atom stereocenters. The van der Waals surface area contributed by atoms with Crippen LogP contribution in [0.25, 0.3) is 11.3 Å². The second-order valence-corrected chi connectivity index (χ2v) is 8.08. The van der Waals surface area contributed by atoms with Crippen LogP contribution >= 0.6 is 0 Å². The van der Waals surface area contributed by atoms with E-state index in [-0.39, 0.29) is 0 Å². The van der Waals surface area contributed by atoms with Gasteiger partial charge in [0.2, 0.25) is 0 Å². The smallest absolute Gasteiger partial charge is 0.155 e. The van der Waals surface area contributed by atoms with Gasteiger partial charge in [0.1, 0.15) is 5.69 Å². The maximum atomic E-state index is 5.89. The summed E-state index contributed by atoms with van der Waals surface area (Å²) in [6.07, 6.45) is 8.57. The molecule has 1 aliphatic rings. The number of rotatable bonds is 7. The van der Waals surface area contributed by atoms with Crippen molar-refractivity contribution in [3.8, 4) is 11.3 Å². The molecule has 9 nitrogen and oxygen atoms in total. The number of aryl methyl sites for hydroxylation is 1. The molecule has 1 saturated heterocycles. The highest BCUT2D eigenvalue weighted by Crippen LogP contribution is 2.28. The van der Waals surface area contributed by atoms with Gasteiger partial charge in [0, 0.05) is 81.4 Å². The van der Waals surface area contributed by atoms with Gasteiger partial charge in [0.15, 0.2) is 5.82 Å². The average Bonchev–Trinajstić information content (AvgIpc) is 3.12. The quantitative estimate of drug-likeness (QED) is 0.428. The van der Waals surface area contributed by atoms with Crippen molar-refractivity contribution < 1.29 is 0 Å². The van der Waals surface area contributed by atoms with Crippen molar-refractivity contribution in [3.05, 3.63) is 72.1 Å². The fourth-order valence-electron chi connectivity index (χ4n) is 3.97. The first-order valence-electron chi connectivity index (χ1n) is 10.8. The minimum atomic E-state index is 0.583. The van der Waals surface area contributed by atoms with Gasteiger partial charge in [-0.3, -0.25) is 14.6 Å². The van der Waals surface area contributed by atoms with Gasteiger partial charge >= 0.3 is 0 Å². The van der Waals surface area contributed by atoms with E-state index in [1.54, 1.807) is 23.6 Å². The number of anilines is 1. The molecule has 0 amide bonds. The van der Waals surface area contributed by atoms with Crippen molar-refractivity contribution in [3.63, 3.8) is 0 Å². The lowest BCUT2D eigenvalue weighted by Crippen LogP contribution is -2.46. The van der Waals surface area contributed by atoms with Gasteiger partial charge in [-0.15, -0.1) is 0 Å². The molecule has 1 aliphatic heterocycles. The van der Waals surface area contributed by atoms with E-state index in [2.05, 4.69) is 56.1 Å². The normalized spacial score (nSPS) is 14.9. The summed E-state index contributed by atoms with van der Waals surface area (Å²) in [6, 6.07) is 8.27. The van der Waals surface area contributed by atoms with E-state index < -0.39 is 0 Å². The molecule has 0 aliphatic carbocycles. The van der Waals surface area contributed by atoms with Crippen LogP contribution in [0.3, 0.4) is 0 Å². The third-order valence-corrected chi connectivity index (χ3v) is 5.95. The molecule has 9 heteroatoms. The Hall–Kier alpha value is -3.43. The van der Waals surface area contributed by atoms with E-state index in [0.29, 0.717) is 6.54 Å². The third kappa shape index (κ3) is 4.90. The van der Waals surface area contributed by atoms with Crippen LogP contribution in [0.15, 0.2) is 55.3 Å². The molecule has 32 heavy (non-hydrogen) atoms. The Morgan fingerprint density at radius 1 is 1.06 bits per heavy atom. The molecule has 0 saturated carbocycles. The fourth-order valence-corrected chi connectivity index (χ4v) is 3.97. The summed E-state index contributed by atoms with van der Waals surface area (Å²) in [6.45, 7) is 7.41. The van der Waals surface area contributed by atoms with Crippen LogP contribution in [0.5, 0.6) is 0 Å². The first-order chi connectivity index (χ1) is 15.5. The number of nitrogens with zero attached hydrogens (tertiary/aromatic N) is 7. The Morgan fingerprint density at radius 3 is 2.44 bits per heavy atom. The number of piperazine rings is 1. The molecule has 2 aromatic heterocycles. The van der Waals surface area contributed by atoms with Gasteiger partial charge < -0.3 is 15.6 Å². The third-order valence-electron chi connectivity index (χ3n) is 5.95. The van der Waals surface area contributed by atoms with E-state index in [0.717, 1.165) is 55.4 Å². The zero-order valence-corrected chi connectivity index (χ0v) is 18.7. The highest BCUT2D eigenvalue weighted by molar-refractivity contribution is 5.72. The predicted octanol–water partition coefficient (Wildman–Crippen LogP) is 1.61. The zero-order valence-electron chi connectivity index (χ0n) is 18.7. The number of aromatic nitrogens is 4. The first-order valence-corrected chi connectivity index (χ1v) is 10.8. The SMILES string of the molecule is Cc1c(CN2CCN(c3nccnc3-c3ccc(CN(N)/C=C\N)cc3)CC2)cnn1C. The molecule has 1 aromatic carbocycles. The monoisotopic (exact) mass is 433 g/mol. The topological polar surface area (TPSA) is 105 Å². The lowest BCUT2D eigenvalue weighted by atomic mass is 10.1. The Balaban J connectivity index is 1.43. The molecule has 3 heterocycles. The van der Waals surface area contributed by atoms with Gasteiger partial charge in [-0.25, -0.2) is 10.8 Å². The Morgan fingerprint density at radius 2 is 1.78 bits per heavy atom. The summed E-state index contributed by atoms with van der Waals surface area (Å²) >= 11 is 0. The highest BCUT2D eigenvalue weighted by atomic mass is 15.4. The molecule has 168 valence electrons. The summed E-state index contributed by atoms with van der Waals surface area (Å²) in [4.78, 5) is 14.1. The minimum Gasteiger partial charge on any atom is -0.403 e. The van der Waals surface area contributed by atoms with E-state index in [1.807, 2.05) is 17.9 Å². The largest absolute Gasteiger partial charge is 0.403 e. The minimum absolute atomic E-state index is 0.583. The fraction of sp³-hybridized carbons (Fsp3) is 0.348. The molecule has 3 aromatic rings. The number of hydrazine groups is 1. The maximum absolute atomic E-state index is 5.89. The number of hydrogen-bond acceptors (Lipinski definition) is 8. The summed E-state index contributed by atoms with van der Waals surface area (Å²) < 4.78 is 1.93. The summed E-state index contributed by atoms with van der Waals surface area (Å²) in [5.74, 6) is 6.82. The molecule has 1 fully saturated rings. The Kier molecular flexibility index (Phi) is 6.67. The standard InChI is InChI=1S/C23H31N9/c1-18-21(15-28-29(18)2)17-30-11-13-31(14-12-30)23-22(26-8-9-27-23)20-5-3-19(4-6-20)16-32(25)10-7-24/h3-10,15H,11-14,16-17,24-25H2,1-2H3/b10-7-. The molecular weight excluding hydrogens is 402 g/mol. The molecular formula is C23H31N9. The van der Waals surface area contributed by atoms with Gasteiger partial charge in [-0.2, -0.15) is 5.10 Å². The number of hydrogen-bond donors (Lipinski definition) is 2.